The highest BCUT2D eigenvalue weighted by Gasteiger charge is 2.38. The van der Waals surface area contributed by atoms with Crippen molar-refractivity contribution in [1.82, 2.24) is 0 Å². The number of carbonyl (C=O) groups is 1. The highest BCUT2D eigenvalue weighted by Crippen LogP contribution is 2.44. The van der Waals surface area contributed by atoms with E-state index in [9.17, 15) is 4.79 Å². The van der Waals surface area contributed by atoms with Crippen LogP contribution in [0.15, 0.2) is 12.1 Å². The van der Waals surface area contributed by atoms with Gasteiger partial charge >= 0.3 is 5.97 Å². The predicted molar refractivity (Wildman–Crippen MR) is 69.9 cm³/mol. The zero-order valence-corrected chi connectivity index (χ0v) is 11.2. The lowest BCUT2D eigenvalue weighted by Gasteiger charge is -2.39. The van der Waals surface area contributed by atoms with E-state index in [1.165, 1.54) is 7.11 Å². The fraction of sp³-hybridized carbons (Fsp3) is 0.500. The molecule has 98 valence electrons. The number of nitrogen functional groups attached to an aromatic ring is 1. The first-order valence-electron chi connectivity index (χ1n) is 6.03. The minimum atomic E-state index is -0.449. The standard InChI is InChI=1S/C14H19NO3/c1-8-7-18-12-9(14(8,2)3)5-6-10(15)11(12)13(16)17-4/h5-6,8H,7,15H2,1-4H3. The first-order valence-corrected chi connectivity index (χ1v) is 6.03. The number of methoxy groups -OCH3 is 1. The first-order chi connectivity index (χ1) is 8.39. The van der Waals surface area contributed by atoms with Crippen LogP contribution in [0.25, 0.3) is 0 Å². The van der Waals surface area contributed by atoms with Crippen LogP contribution in [0.2, 0.25) is 0 Å². The molecule has 0 saturated carbocycles. The lowest BCUT2D eigenvalue weighted by molar-refractivity contribution is 0.0592. The van der Waals surface area contributed by atoms with Gasteiger partial charge in [0.1, 0.15) is 11.3 Å². The second kappa shape index (κ2) is 4.19. The topological polar surface area (TPSA) is 61.5 Å². The highest BCUT2D eigenvalue weighted by molar-refractivity contribution is 5.98. The van der Waals surface area contributed by atoms with E-state index in [2.05, 4.69) is 20.8 Å². The maximum atomic E-state index is 11.8. The van der Waals surface area contributed by atoms with Crippen molar-refractivity contribution in [2.24, 2.45) is 5.92 Å². The third-order valence-corrected chi connectivity index (χ3v) is 3.98. The van der Waals surface area contributed by atoms with Crippen LogP contribution in [-0.4, -0.2) is 19.7 Å². The summed E-state index contributed by atoms with van der Waals surface area (Å²) in [5, 5.41) is 0. The molecule has 4 nitrogen and oxygen atoms in total. The van der Waals surface area contributed by atoms with E-state index < -0.39 is 5.97 Å². The minimum absolute atomic E-state index is 0.0515. The van der Waals surface area contributed by atoms with Crippen molar-refractivity contribution in [1.29, 1.82) is 0 Å². The molecule has 4 heteroatoms. The smallest absolute Gasteiger partial charge is 0.343 e. The lowest BCUT2D eigenvalue weighted by Crippen LogP contribution is -2.36. The molecule has 0 saturated heterocycles. The van der Waals surface area contributed by atoms with Gasteiger partial charge < -0.3 is 15.2 Å². The van der Waals surface area contributed by atoms with Crippen LogP contribution in [-0.2, 0) is 10.2 Å². The van der Waals surface area contributed by atoms with Gasteiger partial charge in [-0.15, -0.1) is 0 Å². The van der Waals surface area contributed by atoms with E-state index >= 15 is 0 Å². The summed E-state index contributed by atoms with van der Waals surface area (Å²) in [6, 6.07) is 3.68. The number of carbonyl (C=O) groups excluding carboxylic acids is 1. The van der Waals surface area contributed by atoms with Gasteiger partial charge in [-0.05, 0) is 17.4 Å². The number of ether oxygens (including phenoxy) is 2. The molecule has 1 aliphatic rings. The zero-order chi connectivity index (χ0) is 13.5. The lowest BCUT2D eigenvalue weighted by atomic mass is 9.72. The fourth-order valence-electron chi connectivity index (χ4n) is 2.25. The normalized spacial score (nSPS) is 20.8. The molecule has 1 aromatic carbocycles. The van der Waals surface area contributed by atoms with Gasteiger partial charge in [0, 0.05) is 11.3 Å². The number of nitrogens with two attached hydrogens (primary N) is 1. The van der Waals surface area contributed by atoms with Gasteiger partial charge in [0.2, 0.25) is 0 Å². The van der Waals surface area contributed by atoms with Gasteiger partial charge in [0.05, 0.1) is 13.7 Å². The molecule has 0 amide bonds. The number of hydrogen-bond donors (Lipinski definition) is 1. The summed E-state index contributed by atoms with van der Waals surface area (Å²) in [6.07, 6.45) is 0. The van der Waals surface area contributed by atoms with Crippen molar-refractivity contribution in [2.45, 2.75) is 26.2 Å². The van der Waals surface area contributed by atoms with Gasteiger partial charge in [-0.25, -0.2) is 4.79 Å². The van der Waals surface area contributed by atoms with Gasteiger partial charge in [0.15, 0.2) is 0 Å². The molecule has 1 heterocycles. The third-order valence-electron chi connectivity index (χ3n) is 3.98. The largest absolute Gasteiger partial charge is 0.492 e. The van der Waals surface area contributed by atoms with E-state index in [1.807, 2.05) is 6.07 Å². The van der Waals surface area contributed by atoms with Crippen molar-refractivity contribution in [3.05, 3.63) is 23.3 Å². The van der Waals surface area contributed by atoms with Gasteiger partial charge in [0.25, 0.3) is 0 Å². The summed E-state index contributed by atoms with van der Waals surface area (Å²) < 4.78 is 10.5. The van der Waals surface area contributed by atoms with Crippen LogP contribution in [0, 0.1) is 5.92 Å². The number of rotatable bonds is 1. The Kier molecular flexibility index (Phi) is 2.97. The SMILES string of the molecule is COC(=O)c1c(N)ccc2c1OCC(C)C2(C)C. The quantitative estimate of drug-likeness (QED) is 0.613. The Morgan fingerprint density at radius 2 is 2.17 bits per heavy atom. The Morgan fingerprint density at radius 3 is 2.78 bits per heavy atom. The van der Waals surface area contributed by atoms with Crippen molar-refractivity contribution in [2.75, 3.05) is 19.5 Å². The molecule has 0 bridgehead atoms. The number of benzene rings is 1. The fourth-order valence-corrected chi connectivity index (χ4v) is 2.25. The molecule has 2 rings (SSSR count). The van der Waals surface area contributed by atoms with E-state index in [-0.39, 0.29) is 5.41 Å². The van der Waals surface area contributed by atoms with E-state index in [1.54, 1.807) is 6.07 Å². The highest BCUT2D eigenvalue weighted by atomic mass is 16.5. The summed E-state index contributed by atoms with van der Waals surface area (Å²) in [7, 11) is 1.35. The molecule has 0 radical (unpaired) electrons. The summed E-state index contributed by atoms with van der Waals surface area (Å²) in [5.41, 5.74) is 7.56. The summed E-state index contributed by atoms with van der Waals surface area (Å²) in [5.74, 6) is 0.499. The summed E-state index contributed by atoms with van der Waals surface area (Å²) in [6.45, 7) is 7.01. The molecular weight excluding hydrogens is 230 g/mol. The molecule has 1 atom stereocenters. The molecule has 1 aromatic rings. The molecule has 0 aromatic heterocycles. The molecule has 1 aliphatic heterocycles. The first kappa shape index (κ1) is 12.7. The van der Waals surface area contributed by atoms with Crippen molar-refractivity contribution in [3.8, 4) is 5.75 Å². The molecule has 0 aliphatic carbocycles. The average molecular weight is 249 g/mol. The Hall–Kier alpha value is -1.71. The van der Waals surface area contributed by atoms with Crippen molar-refractivity contribution >= 4 is 11.7 Å². The number of esters is 1. The van der Waals surface area contributed by atoms with Crippen LogP contribution in [0.5, 0.6) is 5.75 Å². The monoisotopic (exact) mass is 249 g/mol. The Bertz CT molecular complexity index is 494. The van der Waals surface area contributed by atoms with Gasteiger partial charge in [-0.2, -0.15) is 0 Å². The number of fused-ring (bicyclic) bond motifs is 1. The number of anilines is 1. The molecule has 0 spiro atoms. The molecular formula is C14H19NO3. The summed E-state index contributed by atoms with van der Waals surface area (Å²) >= 11 is 0. The predicted octanol–water partition coefficient (Wildman–Crippen LogP) is 2.36. The van der Waals surface area contributed by atoms with E-state index in [4.69, 9.17) is 15.2 Å². The third kappa shape index (κ3) is 1.72. The van der Waals surface area contributed by atoms with Crippen molar-refractivity contribution < 1.29 is 14.3 Å². The number of hydrogen-bond acceptors (Lipinski definition) is 4. The van der Waals surface area contributed by atoms with Crippen LogP contribution in [0.3, 0.4) is 0 Å². The Labute approximate surface area is 107 Å². The molecule has 0 fully saturated rings. The van der Waals surface area contributed by atoms with Crippen LogP contribution in [0.1, 0.15) is 36.7 Å². The van der Waals surface area contributed by atoms with E-state index in [0.29, 0.717) is 29.5 Å². The Balaban J connectivity index is 2.65. The average Bonchev–Trinajstić information content (AvgIpc) is 2.33. The van der Waals surface area contributed by atoms with E-state index in [0.717, 1.165) is 5.56 Å². The van der Waals surface area contributed by atoms with Gasteiger partial charge in [-0.3, -0.25) is 0 Å². The molecule has 2 N–H and O–H groups in total. The van der Waals surface area contributed by atoms with Crippen LogP contribution < -0.4 is 10.5 Å². The Morgan fingerprint density at radius 1 is 1.50 bits per heavy atom. The van der Waals surface area contributed by atoms with Crippen LogP contribution >= 0.6 is 0 Å². The second-order valence-electron chi connectivity index (χ2n) is 5.33. The molecule has 18 heavy (non-hydrogen) atoms. The zero-order valence-electron chi connectivity index (χ0n) is 11.2. The summed E-state index contributed by atoms with van der Waals surface area (Å²) in [4.78, 5) is 11.8. The second-order valence-corrected chi connectivity index (χ2v) is 5.33. The maximum Gasteiger partial charge on any atom is 0.343 e. The molecule has 1 unspecified atom stereocenters. The minimum Gasteiger partial charge on any atom is -0.492 e. The maximum absolute atomic E-state index is 11.8. The van der Waals surface area contributed by atoms with Crippen LogP contribution in [0.4, 0.5) is 5.69 Å². The van der Waals surface area contributed by atoms with Crippen molar-refractivity contribution in [3.63, 3.8) is 0 Å². The van der Waals surface area contributed by atoms with Gasteiger partial charge in [-0.1, -0.05) is 26.8 Å².